The van der Waals surface area contributed by atoms with Crippen molar-refractivity contribution in [2.45, 2.75) is 30.2 Å². The summed E-state index contributed by atoms with van der Waals surface area (Å²) < 4.78 is 28.5. The minimum atomic E-state index is -3.50. The Bertz CT molecular complexity index is 757. The highest BCUT2D eigenvalue weighted by molar-refractivity contribution is 7.90. The molecule has 1 aromatic rings. The van der Waals surface area contributed by atoms with Gasteiger partial charge in [-0.05, 0) is 38.0 Å². The monoisotopic (exact) mass is 341 g/mol. The normalized spacial score (nSPS) is 21.3. The van der Waals surface area contributed by atoms with Crippen LogP contribution in [0.5, 0.6) is 5.75 Å². The first-order valence-electron chi connectivity index (χ1n) is 7.04. The number of amides is 1. The number of likely N-dealkylation sites (tertiary alicyclic amines) is 1. The van der Waals surface area contributed by atoms with Crippen molar-refractivity contribution in [2.75, 3.05) is 19.9 Å². The van der Waals surface area contributed by atoms with Gasteiger partial charge in [-0.2, -0.15) is 0 Å². The molecule has 0 bridgehead atoms. The van der Waals surface area contributed by atoms with Crippen LogP contribution in [0.3, 0.4) is 0 Å². The van der Waals surface area contributed by atoms with Crippen LogP contribution >= 0.6 is 0 Å². The predicted octanol–water partition coefficient (Wildman–Crippen LogP) is 1.18. The number of nitrogens with zero attached hydrogens (tertiary/aromatic N) is 1. The molecule has 23 heavy (non-hydrogen) atoms. The van der Waals surface area contributed by atoms with Gasteiger partial charge in [-0.25, -0.2) is 13.2 Å². The molecule has 0 spiro atoms. The molecule has 1 amide bonds. The second-order valence-corrected chi connectivity index (χ2v) is 7.79. The standard InChI is InChI=1S/C15H19NO6S/c1-15(14(18)19)7-4-8-16(15)13(17)11-9-10(23(3,20)21)5-6-12(11)22-2/h5-6,9H,4,7-8H2,1-3H3,(H,18,19). The van der Waals surface area contributed by atoms with Gasteiger partial charge < -0.3 is 14.7 Å². The molecular weight excluding hydrogens is 322 g/mol. The first kappa shape index (κ1) is 17.3. The summed E-state index contributed by atoms with van der Waals surface area (Å²) in [5.74, 6) is -1.42. The molecule has 1 aliphatic rings. The van der Waals surface area contributed by atoms with Gasteiger partial charge in [-0.3, -0.25) is 4.79 Å². The minimum Gasteiger partial charge on any atom is -0.496 e. The van der Waals surface area contributed by atoms with Crippen molar-refractivity contribution in [3.8, 4) is 5.75 Å². The van der Waals surface area contributed by atoms with Crippen molar-refractivity contribution in [3.63, 3.8) is 0 Å². The first-order chi connectivity index (χ1) is 10.6. The highest BCUT2D eigenvalue weighted by atomic mass is 32.2. The van der Waals surface area contributed by atoms with Crippen LogP contribution in [0.2, 0.25) is 0 Å². The molecule has 0 saturated carbocycles. The zero-order valence-electron chi connectivity index (χ0n) is 13.2. The van der Waals surface area contributed by atoms with Crippen LogP contribution in [0.1, 0.15) is 30.1 Å². The van der Waals surface area contributed by atoms with Gasteiger partial charge in [0.1, 0.15) is 11.3 Å². The van der Waals surface area contributed by atoms with Gasteiger partial charge in [0.2, 0.25) is 0 Å². The van der Waals surface area contributed by atoms with Gasteiger partial charge >= 0.3 is 5.97 Å². The largest absolute Gasteiger partial charge is 0.496 e. The highest BCUT2D eigenvalue weighted by Crippen LogP contribution is 2.33. The van der Waals surface area contributed by atoms with Gasteiger partial charge in [0.25, 0.3) is 5.91 Å². The smallest absolute Gasteiger partial charge is 0.329 e. The van der Waals surface area contributed by atoms with E-state index in [1.807, 2.05) is 0 Å². The number of ether oxygens (including phenoxy) is 1. The summed E-state index contributed by atoms with van der Waals surface area (Å²) in [6.07, 6.45) is 1.96. The Kier molecular flexibility index (Phi) is 4.39. The van der Waals surface area contributed by atoms with E-state index in [1.165, 1.54) is 37.1 Å². The number of methoxy groups -OCH3 is 1. The Labute approximate surface area is 134 Å². The van der Waals surface area contributed by atoms with Crippen molar-refractivity contribution in [1.29, 1.82) is 0 Å². The Hall–Kier alpha value is -2.09. The fraction of sp³-hybridized carbons (Fsp3) is 0.467. The van der Waals surface area contributed by atoms with Gasteiger partial charge in [0.05, 0.1) is 17.6 Å². The quantitative estimate of drug-likeness (QED) is 0.882. The summed E-state index contributed by atoms with van der Waals surface area (Å²) in [5, 5.41) is 9.43. The number of sulfone groups is 1. The SMILES string of the molecule is COc1ccc(S(C)(=O)=O)cc1C(=O)N1CCCC1(C)C(=O)O. The second-order valence-electron chi connectivity index (χ2n) is 5.77. The van der Waals surface area contributed by atoms with Gasteiger partial charge in [0.15, 0.2) is 9.84 Å². The molecule has 7 nitrogen and oxygen atoms in total. The Morgan fingerprint density at radius 2 is 2.00 bits per heavy atom. The molecule has 1 unspecified atom stereocenters. The number of hydrogen-bond acceptors (Lipinski definition) is 5. The number of benzene rings is 1. The van der Waals surface area contributed by atoms with Crippen LogP contribution in [0.15, 0.2) is 23.1 Å². The van der Waals surface area contributed by atoms with Crippen molar-refractivity contribution >= 4 is 21.7 Å². The van der Waals surface area contributed by atoms with E-state index in [4.69, 9.17) is 4.74 Å². The molecule has 1 saturated heterocycles. The van der Waals surface area contributed by atoms with E-state index in [0.717, 1.165) is 6.26 Å². The lowest BCUT2D eigenvalue weighted by molar-refractivity contribution is -0.147. The van der Waals surface area contributed by atoms with Crippen molar-refractivity contribution in [1.82, 2.24) is 4.90 Å². The molecule has 1 fully saturated rings. The molecule has 1 N–H and O–H groups in total. The van der Waals surface area contributed by atoms with E-state index in [9.17, 15) is 23.1 Å². The van der Waals surface area contributed by atoms with Crippen LogP contribution < -0.4 is 4.74 Å². The van der Waals surface area contributed by atoms with E-state index < -0.39 is 27.3 Å². The lowest BCUT2D eigenvalue weighted by atomic mass is 9.98. The number of rotatable bonds is 4. The molecule has 8 heteroatoms. The topological polar surface area (TPSA) is 101 Å². The maximum Gasteiger partial charge on any atom is 0.329 e. The number of aliphatic carboxylic acids is 1. The summed E-state index contributed by atoms with van der Waals surface area (Å²) in [5.41, 5.74) is -1.26. The van der Waals surface area contributed by atoms with Gasteiger partial charge in [0, 0.05) is 12.8 Å². The number of carbonyl (C=O) groups is 2. The molecule has 1 aromatic carbocycles. The van der Waals surface area contributed by atoms with Crippen LogP contribution in [0.4, 0.5) is 0 Å². The third-order valence-corrected chi connectivity index (χ3v) is 5.29. The fourth-order valence-corrected chi connectivity index (χ4v) is 3.39. The van der Waals surface area contributed by atoms with E-state index in [1.54, 1.807) is 0 Å². The van der Waals surface area contributed by atoms with Crippen molar-refractivity contribution < 1.29 is 27.9 Å². The van der Waals surface area contributed by atoms with Crippen LogP contribution in [-0.4, -0.2) is 55.7 Å². The van der Waals surface area contributed by atoms with E-state index in [2.05, 4.69) is 0 Å². The molecule has 1 atom stereocenters. The summed E-state index contributed by atoms with van der Waals surface area (Å²) in [6.45, 7) is 1.79. The predicted molar refractivity (Wildman–Crippen MR) is 82.4 cm³/mol. The lowest BCUT2D eigenvalue weighted by Gasteiger charge is -2.31. The third kappa shape index (κ3) is 3.03. The van der Waals surface area contributed by atoms with E-state index in [0.29, 0.717) is 19.4 Å². The molecule has 0 aliphatic carbocycles. The van der Waals surface area contributed by atoms with Crippen LogP contribution in [0, 0.1) is 0 Å². The zero-order valence-corrected chi connectivity index (χ0v) is 14.0. The summed E-state index contributed by atoms with van der Waals surface area (Å²) in [4.78, 5) is 25.6. The van der Waals surface area contributed by atoms with Gasteiger partial charge in [-0.15, -0.1) is 0 Å². The summed E-state index contributed by atoms with van der Waals surface area (Å²) >= 11 is 0. The molecule has 0 aromatic heterocycles. The molecule has 1 aliphatic heterocycles. The Morgan fingerprint density at radius 3 is 2.52 bits per heavy atom. The fourth-order valence-electron chi connectivity index (χ4n) is 2.74. The Balaban J connectivity index is 2.52. The molecule has 126 valence electrons. The summed E-state index contributed by atoms with van der Waals surface area (Å²) in [7, 11) is -2.13. The number of carbonyl (C=O) groups excluding carboxylic acids is 1. The number of carboxylic acids is 1. The first-order valence-corrected chi connectivity index (χ1v) is 8.94. The lowest BCUT2D eigenvalue weighted by Crippen LogP contribution is -2.50. The molecule has 2 rings (SSSR count). The van der Waals surface area contributed by atoms with Crippen molar-refractivity contribution in [2.24, 2.45) is 0 Å². The zero-order chi connectivity index (χ0) is 17.4. The minimum absolute atomic E-state index is 0.0159. The maximum atomic E-state index is 12.8. The van der Waals surface area contributed by atoms with Crippen LogP contribution in [-0.2, 0) is 14.6 Å². The summed E-state index contributed by atoms with van der Waals surface area (Å²) in [6, 6.07) is 3.99. The molecule has 0 radical (unpaired) electrons. The molecular formula is C15H19NO6S. The number of carboxylic acid groups (broad SMARTS) is 1. The van der Waals surface area contributed by atoms with E-state index in [-0.39, 0.29) is 16.2 Å². The average molecular weight is 341 g/mol. The average Bonchev–Trinajstić information content (AvgIpc) is 2.88. The highest BCUT2D eigenvalue weighted by Gasteiger charge is 2.46. The second kappa shape index (κ2) is 5.84. The van der Waals surface area contributed by atoms with Gasteiger partial charge in [-0.1, -0.05) is 0 Å². The maximum absolute atomic E-state index is 12.8. The van der Waals surface area contributed by atoms with Crippen molar-refractivity contribution in [3.05, 3.63) is 23.8 Å². The Morgan fingerprint density at radius 1 is 1.35 bits per heavy atom. The third-order valence-electron chi connectivity index (χ3n) is 4.18. The number of hydrogen-bond donors (Lipinski definition) is 1. The molecule has 1 heterocycles. The van der Waals surface area contributed by atoms with Crippen LogP contribution in [0.25, 0.3) is 0 Å². The van der Waals surface area contributed by atoms with E-state index >= 15 is 0 Å².